The van der Waals surface area contributed by atoms with Crippen LogP contribution in [0.1, 0.15) is 19.3 Å². The number of amides is 1. The lowest BCUT2D eigenvalue weighted by Gasteiger charge is -2.36. The molecular formula is C28H32N8O. The Hall–Kier alpha value is -3.85. The Bertz CT molecular complexity index is 1390. The Morgan fingerprint density at radius 3 is 2.54 bits per heavy atom. The molecule has 0 saturated carbocycles. The molecule has 3 aromatic heterocycles. The molecule has 2 aliphatic rings. The Labute approximate surface area is 216 Å². The van der Waals surface area contributed by atoms with Crippen molar-refractivity contribution in [1.29, 1.82) is 0 Å². The largest absolute Gasteiger partial charge is 0.353 e. The van der Waals surface area contributed by atoms with E-state index in [0.29, 0.717) is 18.2 Å². The van der Waals surface area contributed by atoms with Crippen molar-refractivity contribution in [3.63, 3.8) is 0 Å². The van der Waals surface area contributed by atoms with Gasteiger partial charge >= 0.3 is 0 Å². The minimum absolute atomic E-state index is 0.303. The van der Waals surface area contributed by atoms with Crippen molar-refractivity contribution in [2.75, 3.05) is 44.2 Å². The summed E-state index contributed by atoms with van der Waals surface area (Å²) in [7, 11) is 1.92. The first-order chi connectivity index (χ1) is 18.1. The Morgan fingerprint density at radius 1 is 0.973 bits per heavy atom. The fourth-order valence-corrected chi connectivity index (χ4v) is 5.44. The van der Waals surface area contributed by atoms with Crippen molar-refractivity contribution in [3.8, 4) is 22.3 Å². The standard InChI is InChI=1S/C28H32N8O/c1-34-18-23(16-33-34)22-13-24(25-17-30-19-32-26(25)14-22)21-2-3-27(31-15-21)35-8-10-36(11-9-35)28(37)12-20-4-6-29-7-5-20/h2-3,13-20,29H,4-12H2,1H3. The van der Waals surface area contributed by atoms with E-state index in [9.17, 15) is 4.79 Å². The summed E-state index contributed by atoms with van der Waals surface area (Å²) in [5, 5.41) is 8.69. The van der Waals surface area contributed by atoms with Crippen LogP contribution in [0.3, 0.4) is 0 Å². The summed E-state index contributed by atoms with van der Waals surface area (Å²) in [5.74, 6) is 1.77. The molecule has 5 heterocycles. The summed E-state index contributed by atoms with van der Waals surface area (Å²) in [6, 6.07) is 8.43. The van der Waals surface area contributed by atoms with E-state index in [2.05, 4.69) is 49.5 Å². The van der Waals surface area contributed by atoms with Gasteiger partial charge in [0.15, 0.2) is 0 Å². The molecule has 0 bridgehead atoms. The number of nitrogens with one attached hydrogen (secondary N) is 1. The van der Waals surface area contributed by atoms with Gasteiger partial charge in [0.1, 0.15) is 12.1 Å². The minimum Gasteiger partial charge on any atom is -0.353 e. The van der Waals surface area contributed by atoms with Gasteiger partial charge < -0.3 is 15.1 Å². The number of piperidine rings is 1. The lowest BCUT2D eigenvalue weighted by Crippen LogP contribution is -2.49. The van der Waals surface area contributed by atoms with Crippen molar-refractivity contribution in [2.45, 2.75) is 19.3 Å². The zero-order valence-electron chi connectivity index (χ0n) is 21.2. The number of hydrogen-bond donors (Lipinski definition) is 1. The summed E-state index contributed by atoms with van der Waals surface area (Å²) >= 11 is 0. The molecule has 37 heavy (non-hydrogen) atoms. The maximum atomic E-state index is 12.8. The van der Waals surface area contributed by atoms with Gasteiger partial charge in [-0.3, -0.25) is 9.48 Å². The molecule has 1 N–H and O–H groups in total. The van der Waals surface area contributed by atoms with E-state index in [0.717, 1.165) is 91.1 Å². The zero-order chi connectivity index (χ0) is 25.2. The van der Waals surface area contributed by atoms with Crippen LogP contribution >= 0.6 is 0 Å². The molecule has 9 heteroatoms. The SMILES string of the molecule is Cn1cc(-c2cc(-c3ccc(N4CCN(C(=O)CC5CCNCC5)CC4)nc3)c3cncnc3c2)cn1. The highest BCUT2D eigenvalue weighted by atomic mass is 16.2. The van der Waals surface area contributed by atoms with Crippen LogP contribution in [0.2, 0.25) is 0 Å². The van der Waals surface area contributed by atoms with Gasteiger partial charge in [0.05, 0.1) is 11.7 Å². The first kappa shape index (κ1) is 23.5. The number of benzene rings is 1. The van der Waals surface area contributed by atoms with Gasteiger partial charge in [0.25, 0.3) is 0 Å². The van der Waals surface area contributed by atoms with Crippen molar-refractivity contribution in [2.24, 2.45) is 13.0 Å². The second-order valence-corrected chi connectivity index (χ2v) is 10.1. The molecule has 2 fully saturated rings. The summed E-state index contributed by atoms with van der Waals surface area (Å²) in [4.78, 5) is 30.7. The van der Waals surface area contributed by atoms with E-state index in [1.807, 2.05) is 36.7 Å². The van der Waals surface area contributed by atoms with Crippen LogP contribution in [-0.4, -0.2) is 74.8 Å². The fourth-order valence-electron chi connectivity index (χ4n) is 5.44. The molecule has 2 saturated heterocycles. The van der Waals surface area contributed by atoms with E-state index in [4.69, 9.17) is 4.98 Å². The molecular weight excluding hydrogens is 464 g/mol. The van der Waals surface area contributed by atoms with E-state index < -0.39 is 0 Å². The molecule has 0 atom stereocenters. The molecule has 190 valence electrons. The van der Waals surface area contributed by atoms with Crippen LogP contribution in [0.5, 0.6) is 0 Å². The molecule has 9 nitrogen and oxygen atoms in total. The first-order valence-corrected chi connectivity index (χ1v) is 13.1. The van der Waals surface area contributed by atoms with Crippen LogP contribution in [-0.2, 0) is 11.8 Å². The summed E-state index contributed by atoms with van der Waals surface area (Å²) < 4.78 is 1.80. The predicted octanol–water partition coefficient (Wildman–Crippen LogP) is 3.13. The maximum absolute atomic E-state index is 12.8. The van der Waals surface area contributed by atoms with Crippen molar-refractivity contribution in [3.05, 3.63) is 55.4 Å². The third kappa shape index (κ3) is 5.04. The van der Waals surface area contributed by atoms with E-state index >= 15 is 0 Å². The lowest BCUT2D eigenvalue weighted by atomic mass is 9.94. The van der Waals surface area contributed by atoms with Crippen molar-refractivity contribution in [1.82, 2.24) is 34.9 Å². The number of rotatable bonds is 5. The van der Waals surface area contributed by atoms with Crippen molar-refractivity contribution < 1.29 is 4.79 Å². The lowest BCUT2D eigenvalue weighted by molar-refractivity contribution is -0.132. The average molecular weight is 497 g/mol. The predicted molar refractivity (Wildman–Crippen MR) is 144 cm³/mol. The number of pyridine rings is 1. The first-order valence-electron chi connectivity index (χ1n) is 13.1. The van der Waals surface area contributed by atoms with Gasteiger partial charge in [0.2, 0.25) is 5.91 Å². The molecule has 0 spiro atoms. The van der Waals surface area contributed by atoms with Gasteiger partial charge in [-0.25, -0.2) is 15.0 Å². The molecule has 2 aliphatic heterocycles. The zero-order valence-corrected chi connectivity index (χ0v) is 21.2. The maximum Gasteiger partial charge on any atom is 0.222 e. The third-order valence-corrected chi connectivity index (χ3v) is 7.60. The highest BCUT2D eigenvalue weighted by molar-refractivity contribution is 5.97. The molecule has 4 aromatic rings. The molecule has 0 radical (unpaired) electrons. The average Bonchev–Trinajstić information content (AvgIpc) is 3.39. The second kappa shape index (κ2) is 10.3. The van der Waals surface area contributed by atoms with Crippen LogP contribution in [0.25, 0.3) is 33.2 Å². The molecule has 6 rings (SSSR count). The van der Waals surface area contributed by atoms with E-state index in [1.165, 1.54) is 0 Å². The van der Waals surface area contributed by atoms with Crippen LogP contribution in [0, 0.1) is 5.92 Å². The van der Waals surface area contributed by atoms with Crippen LogP contribution in [0.4, 0.5) is 5.82 Å². The molecule has 1 aromatic carbocycles. The Balaban J connectivity index is 1.17. The van der Waals surface area contributed by atoms with Gasteiger partial charge in [-0.2, -0.15) is 5.10 Å². The minimum atomic E-state index is 0.303. The quantitative estimate of drug-likeness (QED) is 0.454. The molecule has 0 aliphatic carbocycles. The number of hydrogen-bond acceptors (Lipinski definition) is 7. The number of aryl methyl sites for hydroxylation is 1. The topological polar surface area (TPSA) is 92.1 Å². The number of aromatic nitrogens is 5. The van der Waals surface area contributed by atoms with Crippen LogP contribution in [0.15, 0.2) is 55.4 Å². The molecule has 1 amide bonds. The molecule has 0 unspecified atom stereocenters. The van der Waals surface area contributed by atoms with Crippen LogP contribution < -0.4 is 10.2 Å². The van der Waals surface area contributed by atoms with E-state index in [1.54, 1.807) is 11.0 Å². The van der Waals surface area contributed by atoms with Gasteiger partial charge in [-0.05, 0) is 67.2 Å². The Morgan fingerprint density at radius 2 is 1.81 bits per heavy atom. The fraction of sp³-hybridized carbons (Fsp3) is 0.393. The Kier molecular flexibility index (Phi) is 6.53. The third-order valence-electron chi connectivity index (χ3n) is 7.60. The van der Waals surface area contributed by atoms with Gasteiger partial charge in [-0.15, -0.1) is 0 Å². The number of piperazine rings is 1. The highest BCUT2D eigenvalue weighted by Gasteiger charge is 2.25. The number of carbonyl (C=O) groups excluding carboxylic acids is 1. The summed E-state index contributed by atoms with van der Waals surface area (Å²) in [6.45, 7) is 5.17. The number of nitrogens with zero attached hydrogens (tertiary/aromatic N) is 7. The monoisotopic (exact) mass is 496 g/mol. The van der Waals surface area contributed by atoms with Gasteiger partial charge in [0, 0.05) is 74.8 Å². The van der Waals surface area contributed by atoms with Gasteiger partial charge in [-0.1, -0.05) is 0 Å². The highest BCUT2D eigenvalue weighted by Crippen LogP contribution is 2.33. The van der Waals surface area contributed by atoms with E-state index in [-0.39, 0.29) is 0 Å². The normalized spacial score (nSPS) is 16.9. The number of anilines is 1. The summed E-state index contributed by atoms with van der Waals surface area (Å²) in [6.07, 6.45) is 12.1. The second-order valence-electron chi connectivity index (χ2n) is 10.1. The number of carbonyl (C=O) groups is 1. The smallest absolute Gasteiger partial charge is 0.222 e. The number of fused-ring (bicyclic) bond motifs is 1. The van der Waals surface area contributed by atoms with Crippen molar-refractivity contribution >= 4 is 22.6 Å². The summed E-state index contributed by atoms with van der Waals surface area (Å²) in [5.41, 5.74) is 5.06.